The van der Waals surface area contributed by atoms with Crippen molar-refractivity contribution >= 4 is 34.4 Å². The number of carbonyl (C=O) groups is 1. The summed E-state index contributed by atoms with van der Waals surface area (Å²) in [6, 6.07) is 7.65. The van der Waals surface area contributed by atoms with Gasteiger partial charge in [-0.25, -0.2) is 9.78 Å². The lowest BCUT2D eigenvalue weighted by Gasteiger charge is -2.14. The fourth-order valence-corrected chi connectivity index (χ4v) is 3.68. The fraction of sp³-hybridized carbons (Fsp3) is 0.294. The highest BCUT2D eigenvalue weighted by Gasteiger charge is 2.26. The Morgan fingerprint density at radius 1 is 1.12 bits per heavy atom. The lowest BCUT2D eigenvalue weighted by Crippen LogP contribution is -2.42. The van der Waals surface area contributed by atoms with E-state index in [1.165, 1.54) is 25.9 Å². The van der Waals surface area contributed by atoms with Gasteiger partial charge in [0.25, 0.3) is 5.56 Å². The minimum Gasteiger partial charge on any atom is -0.384 e. The first-order valence-electron chi connectivity index (χ1n) is 7.91. The molecule has 3 aromatic rings. The van der Waals surface area contributed by atoms with Gasteiger partial charge in [-0.15, -0.1) is 0 Å². The first kappa shape index (κ1) is 18.0. The lowest BCUT2D eigenvalue weighted by molar-refractivity contribution is 0.0992. The molecule has 2 aromatic heterocycles. The van der Waals surface area contributed by atoms with Crippen LogP contribution in [0.3, 0.4) is 0 Å². The monoisotopic (exact) mass is 373 g/mol. The molecule has 1 aromatic carbocycles. The van der Waals surface area contributed by atoms with E-state index in [0.29, 0.717) is 5.16 Å². The first-order valence-corrected chi connectivity index (χ1v) is 8.79. The second kappa shape index (κ2) is 6.49. The molecule has 0 bridgehead atoms. The highest BCUT2D eigenvalue weighted by atomic mass is 32.2. The van der Waals surface area contributed by atoms with Gasteiger partial charge in [-0.05, 0) is 19.1 Å². The minimum atomic E-state index is -0.687. The van der Waals surface area contributed by atoms with E-state index < -0.39 is 22.3 Å². The maximum Gasteiger partial charge on any atom is 0.332 e. The number of carbonyl (C=O) groups excluding carboxylic acids is 1. The number of nitrogens with two attached hydrogens (primary N) is 1. The number of imidazole rings is 1. The van der Waals surface area contributed by atoms with E-state index in [0.717, 1.165) is 20.2 Å². The van der Waals surface area contributed by atoms with Crippen LogP contribution >= 0.6 is 11.8 Å². The number of anilines is 1. The van der Waals surface area contributed by atoms with Gasteiger partial charge in [0.05, 0.1) is 16.3 Å². The summed E-state index contributed by atoms with van der Waals surface area (Å²) in [6.45, 7) is 1.69. The number of fused-ring (bicyclic) bond motifs is 1. The Morgan fingerprint density at radius 3 is 2.42 bits per heavy atom. The van der Waals surface area contributed by atoms with E-state index in [1.54, 1.807) is 6.92 Å². The SMILES string of the molecule is C[C@@H](Sc1nc2ccccc2n1C)C(=O)c1c(N)n(C)c(=O)n(C)c1=O. The minimum absolute atomic E-state index is 0.124. The molecule has 0 aliphatic rings. The smallest absolute Gasteiger partial charge is 0.332 e. The number of nitrogen functional groups attached to an aromatic ring is 1. The van der Waals surface area contributed by atoms with Crippen molar-refractivity contribution in [1.82, 2.24) is 18.7 Å². The number of para-hydroxylation sites is 2. The summed E-state index contributed by atoms with van der Waals surface area (Å²) >= 11 is 1.24. The Morgan fingerprint density at radius 2 is 1.77 bits per heavy atom. The van der Waals surface area contributed by atoms with Crippen LogP contribution in [0.5, 0.6) is 0 Å². The molecule has 8 nitrogen and oxygen atoms in total. The van der Waals surface area contributed by atoms with E-state index >= 15 is 0 Å². The average molecular weight is 373 g/mol. The van der Waals surface area contributed by atoms with Gasteiger partial charge >= 0.3 is 5.69 Å². The van der Waals surface area contributed by atoms with Crippen LogP contribution in [0.25, 0.3) is 11.0 Å². The molecule has 2 heterocycles. The van der Waals surface area contributed by atoms with Crippen LogP contribution < -0.4 is 17.0 Å². The van der Waals surface area contributed by atoms with Crippen LogP contribution in [-0.4, -0.2) is 29.7 Å². The normalized spacial score (nSPS) is 12.5. The number of benzene rings is 1. The molecule has 0 unspecified atom stereocenters. The van der Waals surface area contributed by atoms with Crippen LogP contribution in [0.2, 0.25) is 0 Å². The largest absolute Gasteiger partial charge is 0.384 e. The van der Waals surface area contributed by atoms with Gasteiger partial charge in [0.1, 0.15) is 11.4 Å². The van der Waals surface area contributed by atoms with Crippen LogP contribution in [-0.2, 0) is 21.1 Å². The summed E-state index contributed by atoms with van der Waals surface area (Å²) in [6.07, 6.45) is 0. The molecule has 1 atom stereocenters. The predicted molar refractivity (Wildman–Crippen MR) is 102 cm³/mol. The summed E-state index contributed by atoms with van der Waals surface area (Å²) in [5, 5.41) is 0.0604. The van der Waals surface area contributed by atoms with Gasteiger partial charge in [0, 0.05) is 21.1 Å². The second-order valence-electron chi connectivity index (χ2n) is 6.03. The van der Waals surface area contributed by atoms with Crippen molar-refractivity contribution in [2.45, 2.75) is 17.3 Å². The van der Waals surface area contributed by atoms with Gasteiger partial charge in [-0.1, -0.05) is 23.9 Å². The molecule has 0 aliphatic carbocycles. The molecule has 26 heavy (non-hydrogen) atoms. The van der Waals surface area contributed by atoms with E-state index in [-0.39, 0.29) is 11.4 Å². The van der Waals surface area contributed by atoms with E-state index in [2.05, 4.69) is 4.98 Å². The molecule has 0 saturated heterocycles. The topological polar surface area (TPSA) is 105 Å². The third-order valence-corrected chi connectivity index (χ3v) is 5.50. The molecular formula is C17H19N5O3S. The molecule has 136 valence electrons. The van der Waals surface area contributed by atoms with Gasteiger partial charge in [-0.2, -0.15) is 0 Å². The van der Waals surface area contributed by atoms with Gasteiger partial charge in [0.15, 0.2) is 10.9 Å². The summed E-state index contributed by atoms with van der Waals surface area (Å²) < 4.78 is 3.88. The molecule has 0 amide bonds. The van der Waals surface area contributed by atoms with Crippen LogP contribution in [0.4, 0.5) is 5.82 Å². The lowest BCUT2D eigenvalue weighted by atomic mass is 10.1. The Kier molecular flexibility index (Phi) is 4.49. The van der Waals surface area contributed by atoms with Crippen LogP contribution in [0, 0.1) is 0 Å². The van der Waals surface area contributed by atoms with E-state index in [1.807, 2.05) is 35.9 Å². The van der Waals surface area contributed by atoms with Crippen LogP contribution in [0.1, 0.15) is 17.3 Å². The molecule has 0 radical (unpaired) electrons. The Labute approximate surface area is 153 Å². The molecule has 9 heteroatoms. The predicted octanol–water partition coefficient (Wildman–Crippen LogP) is 0.916. The van der Waals surface area contributed by atoms with Crippen molar-refractivity contribution in [1.29, 1.82) is 0 Å². The Bertz CT molecular complexity index is 1140. The fourth-order valence-electron chi connectivity index (χ4n) is 2.74. The van der Waals surface area contributed by atoms with E-state index in [4.69, 9.17) is 5.73 Å². The summed E-state index contributed by atoms with van der Waals surface area (Å²) in [5.41, 5.74) is 6.23. The molecular weight excluding hydrogens is 354 g/mol. The number of hydrogen-bond donors (Lipinski definition) is 1. The molecule has 0 fully saturated rings. The van der Waals surface area contributed by atoms with Crippen molar-refractivity contribution in [2.24, 2.45) is 21.1 Å². The number of thioether (sulfide) groups is 1. The highest BCUT2D eigenvalue weighted by molar-refractivity contribution is 8.00. The molecule has 0 aliphatic heterocycles. The zero-order valence-electron chi connectivity index (χ0n) is 14.9. The van der Waals surface area contributed by atoms with Crippen molar-refractivity contribution < 1.29 is 4.79 Å². The number of hydrogen-bond acceptors (Lipinski definition) is 6. The molecule has 0 saturated carbocycles. The average Bonchev–Trinajstić information content (AvgIpc) is 2.94. The zero-order chi connectivity index (χ0) is 19.2. The number of aryl methyl sites for hydroxylation is 1. The number of rotatable bonds is 4. The molecule has 2 N–H and O–H groups in total. The summed E-state index contributed by atoms with van der Waals surface area (Å²) in [5.74, 6) is -0.559. The third-order valence-electron chi connectivity index (χ3n) is 4.35. The number of aromatic nitrogens is 4. The quantitative estimate of drug-likeness (QED) is 0.538. The van der Waals surface area contributed by atoms with Gasteiger partial charge < -0.3 is 10.3 Å². The third kappa shape index (κ3) is 2.74. The maximum absolute atomic E-state index is 12.9. The summed E-state index contributed by atoms with van der Waals surface area (Å²) in [7, 11) is 4.62. The van der Waals surface area contributed by atoms with Crippen molar-refractivity contribution in [3.63, 3.8) is 0 Å². The van der Waals surface area contributed by atoms with Gasteiger partial charge in [0.2, 0.25) is 0 Å². The molecule has 0 spiro atoms. The van der Waals surface area contributed by atoms with E-state index in [9.17, 15) is 14.4 Å². The highest BCUT2D eigenvalue weighted by Crippen LogP contribution is 2.28. The van der Waals surface area contributed by atoms with Gasteiger partial charge in [-0.3, -0.25) is 18.7 Å². The van der Waals surface area contributed by atoms with Crippen molar-refractivity contribution in [3.8, 4) is 0 Å². The Balaban J connectivity index is 2.00. The van der Waals surface area contributed by atoms with Crippen LogP contribution in [0.15, 0.2) is 39.0 Å². The van der Waals surface area contributed by atoms with Crippen molar-refractivity contribution in [3.05, 3.63) is 50.7 Å². The number of ketones is 1. The molecule has 3 rings (SSSR count). The second-order valence-corrected chi connectivity index (χ2v) is 7.34. The number of nitrogens with zero attached hydrogens (tertiary/aromatic N) is 4. The summed E-state index contributed by atoms with van der Waals surface area (Å²) in [4.78, 5) is 41.7. The Hall–Kier alpha value is -2.81. The first-order chi connectivity index (χ1) is 12.2. The number of Topliss-reactive ketones (excluding diaryl/α,β-unsaturated/α-hetero) is 1. The standard InChI is InChI=1S/C17H19N5O3S/c1-9(26-16-19-10-7-5-6-8-11(10)20(16)2)13(23)12-14(18)21(3)17(25)22(4)15(12)24/h5-9H,18H2,1-4H3/t9-/m1/s1. The zero-order valence-corrected chi connectivity index (χ0v) is 15.7. The maximum atomic E-state index is 12.9. The van der Waals surface area contributed by atoms with Crippen molar-refractivity contribution in [2.75, 3.05) is 5.73 Å².